The van der Waals surface area contributed by atoms with E-state index in [0.29, 0.717) is 13.2 Å². The van der Waals surface area contributed by atoms with E-state index in [-0.39, 0.29) is 18.4 Å². The van der Waals surface area contributed by atoms with Crippen LogP contribution in [0.25, 0.3) is 0 Å². The molecule has 0 aliphatic heterocycles. The molecule has 1 atom stereocenters. The Balaban J connectivity index is 3.91. The highest BCUT2D eigenvalue weighted by atomic mass is 16.5. The van der Waals surface area contributed by atoms with Gasteiger partial charge in [0, 0.05) is 13.7 Å². The van der Waals surface area contributed by atoms with E-state index in [2.05, 4.69) is 10.6 Å². The van der Waals surface area contributed by atoms with Gasteiger partial charge in [0.2, 0.25) is 11.8 Å². The summed E-state index contributed by atoms with van der Waals surface area (Å²) < 4.78 is 4.76. The molecule has 0 bridgehead atoms. The van der Waals surface area contributed by atoms with Crippen LogP contribution >= 0.6 is 0 Å². The van der Waals surface area contributed by atoms with Crippen molar-refractivity contribution < 1.29 is 14.3 Å². The van der Waals surface area contributed by atoms with Crippen molar-refractivity contribution in [1.29, 1.82) is 5.26 Å². The summed E-state index contributed by atoms with van der Waals surface area (Å²) in [6.45, 7) is 4.27. The van der Waals surface area contributed by atoms with Gasteiger partial charge in [0.05, 0.1) is 19.2 Å². The molecular weight excluding hydrogens is 222 g/mol. The molecule has 6 heteroatoms. The Morgan fingerprint density at radius 3 is 2.47 bits per heavy atom. The number of carbonyl (C=O) groups excluding carboxylic acids is 2. The largest absolute Gasteiger partial charge is 0.383 e. The molecule has 0 aromatic carbocycles. The van der Waals surface area contributed by atoms with Crippen molar-refractivity contribution >= 4 is 11.8 Å². The maximum Gasteiger partial charge on any atom is 0.239 e. The van der Waals surface area contributed by atoms with E-state index in [1.807, 2.05) is 6.07 Å². The van der Waals surface area contributed by atoms with Crippen molar-refractivity contribution in [3.05, 3.63) is 0 Å². The van der Waals surface area contributed by atoms with E-state index in [0.717, 1.165) is 0 Å². The van der Waals surface area contributed by atoms with Gasteiger partial charge in [-0.25, -0.2) is 0 Å². The van der Waals surface area contributed by atoms with Gasteiger partial charge >= 0.3 is 0 Å². The maximum absolute atomic E-state index is 11.5. The second-order valence-electron chi connectivity index (χ2n) is 3.91. The molecule has 0 saturated carbocycles. The average molecular weight is 241 g/mol. The number of ether oxygens (including phenoxy) is 1. The van der Waals surface area contributed by atoms with E-state index < -0.39 is 11.8 Å². The molecule has 0 spiro atoms. The summed E-state index contributed by atoms with van der Waals surface area (Å²) in [5.41, 5.74) is 0. The molecule has 0 saturated heterocycles. The summed E-state index contributed by atoms with van der Waals surface area (Å²) in [6.07, 6.45) is 0. The monoisotopic (exact) mass is 241 g/mol. The number of carbonyl (C=O) groups is 2. The van der Waals surface area contributed by atoms with Crippen LogP contribution in [0, 0.1) is 23.2 Å². The van der Waals surface area contributed by atoms with Gasteiger partial charge in [0.1, 0.15) is 5.92 Å². The van der Waals surface area contributed by atoms with Gasteiger partial charge in [-0.15, -0.1) is 0 Å². The van der Waals surface area contributed by atoms with Crippen LogP contribution in [0.1, 0.15) is 13.8 Å². The van der Waals surface area contributed by atoms with E-state index in [9.17, 15) is 9.59 Å². The number of hydrogen-bond donors (Lipinski definition) is 2. The van der Waals surface area contributed by atoms with E-state index in [1.54, 1.807) is 13.8 Å². The van der Waals surface area contributed by atoms with E-state index in [1.165, 1.54) is 7.11 Å². The zero-order chi connectivity index (χ0) is 13.3. The molecule has 1 unspecified atom stereocenters. The fraction of sp³-hybridized carbons (Fsp3) is 0.727. The highest BCUT2D eigenvalue weighted by Crippen LogP contribution is 2.08. The molecule has 2 N–H and O–H groups in total. The lowest BCUT2D eigenvalue weighted by Gasteiger charge is -2.12. The van der Waals surface area contributed by atoms with Gasteiger partial charge in [-0.1, -0.05) is 13.8 Å². The molecule has 0 radical (unpaired) electrons. The first-order chi connectivity index (χ1) is 8.02. The van der Waals surface area contributed by atoms with Crippen molar-refractivity contribution in [3.8, 4) is 6.07 Å². The fourth-order valence-electron chi connectivity index (χ4n) is 1.14. The number of nitrogens with zero attached hydrogens (tertiary/aromatic N) is 1. The van der Waals surface area contributed by atoms with E-state index >= 15 is 0 Å². The Hall–Kier alpha value is -1.61. The molecule has 0 rings (SSSR count). The van der Waals surface area contributed by atoms with Gasteiger partial charge < -0.3 is 15.4 Å². The van der Waals surface area contributed by atoms with Gasteiger partial charge in [-0.05, 0) is 5.92 Å². The molecule has 0 aromatic rings. The number of nitrogens with one attached hydrogen (secondary N) is 2. The lowest BCUT2D eigenvalue weighted by Crippen LogP contribution is -2.41. The number of methoxy groups -OCH3 is 1. The van der Waals surface area contributed by atoms with Gasteiger partial charge in [0.15, 0.2) is 0 Å². The minimum atomic E-state index is -0.721. The normalized spacial score (nSPS) is 11.7. The Labute approximate surface area is 101 Å². The topological polar surface area (TPSA) is 91.2 Å². The second-order valence-corrected chi connectivity index (χ2v) is 3.91. The van der Waals surface area contributed by atoms with Crippen LogP contribution in [-0.4, -0.2) is 38.6 Å². The number of rotatable bonds is 7. The summed E-state index contributed by atoms with van der Waals surface area (Å²) >= 11 is 0. The van der Waals surface area contributed by atoms with Crippen LogP contribution in [0.15, 0.2) is 0 Å². The van der Waals surface area contributed by atoms with Crippen molar-refractivity contribution in [3.63, 3.8) is 0 Å². The number of amides is 2. The molecule has 96 valence electrons. The standard InChI is InChI=1S/C11H19N3O3/c1-8(2)9(6-12)11(16)14-7-10(15)13-4-5-17-3/h8-9H,4-5,7H2,1-3H3,(H,13,15)(H,14,16). The zero-order valence-electron chi connectivity index (χ0n) is 10.4. The van der Waals surface area contributed by atoms with Crippen LogP contribution in [-0.2, 0) is 14.3 Å². The first kappa shape index (κ1) is 15.4. The van der Waals surface area contributed by atoms with Crippen LogP contribution in [0.3, 0.4) is 0 Å². The third-order valence-electron chi connectivity index (χ3n) is 2.14. The molecule has 0 aromatic heterocycles. The molecule has 0 aliphatic carbocycles. The lowest BCUT2D eigenvalue weighted by atomic mass is 9.97. The first-order valence-electron chi connectivity index (χ1n) is 5.45. The number of nitriles is 1. The highest BCUT2D eigenvalue weighted by molar-refractivity contribution is 5.87. The molecular formula is C11H19N3O3. The average Bonchev–Trinajstić information content (AvgIpc) is 2.27. The second kappa shape index (κ2) is 8.53. The third kappa shape index (κ3) is 6.53. The van der Waals surface area contributed by atoms with Crippen molar-refractivity contribution in [1.82, 2.24) is 10.6 Å². The molecule has 2 amide bonds. The predicted molar refractivity (Wildman–Crippen MR) is 61.8 cm³/mol. The van der Waals surface area contributed by atoms with Gasteiger partial charge in [0.25, 0.3) is 0 Å². The van der Waals surface area contributed by atoms with Crippen molar-refractivity contribution in [2.24, 2.45) is 11.8 Å². The number of hydrogen-bond acceptors (Lipinski definition) is 4. The van der Waals surface area contributed by atoms with Crippen molar-refractivity contribution in [2.45, 2.75) is 13.8 Å². The van der Waals surface area contributed by atoms with Crippen LogP contribution in [0.2, 0.25) is 0 Å². The predicted octanol–water partition coefficient (Wildman–Crippen LogP) is -0.339. The molecule has 17 heavy (non-hydrogen) atoms. The Morgan fingerprint density at radius 1 is 1.35 bits per heavy atom. The van der Waals surface area contributed by atoms with E-state index in [4.69, 9.17) is 10.00 Å². The minimum Gasteiger partial charge on any atom is -0.383 e. The third-order valence-corrected chi connectivity index (χ3v) is 2.14. The molecule has 0 fully saturated rings. The molecule has 6 nitrogen and oxygen atoms in total. The zero-order valence-corrected chi connectivity index (χ0v) is 10.4. The summed E-state index contributed by atoms with van der Waals surface area (Å²) in [6, 6.07) is 1.91. The lowest BCUT2D eigenvalue weighted by molar-refractivity contribution is -0.128. The summed E-state index contributed by atoms with van der Waals surface area (Å²) in [4.78, 5) is 22.8. The first-order valence-corrected chi connectivity index (χ1v) is 5.45. The Kier molecular flexibility index (Phi) is 7.72. The van der Waals surface area contributed by atoms with Crippen LogP contribution in [0.4, 0.5) is 0 Å². The van der Waals surface area contributed by atoms with Crippen LogP contribution < -0.4 is 10.6 Å². The highest BCUT2D eigenvalue weighted by Gasteiger charge is 2.21. The fourth-order valence-corrected chi connectivity index (χ4v) is 1.14. The molecule has 0 aliphatic rings. The Bertz CT molecular complexity index is 297. The van der Waals surface area contributed by atoms with Gasteiger partial charge in [-0.2, -0.15) is 5.26 Å². The minimum absolute atomic E-state index is 0.0726. The van der Waals surface area contributed by atoms with Crippen LogP contribution in [0.5, 0.6) is 0 Å². The smallest absolute Gasteiger partial charge is 0.239 e. The summed E-state index contributed by atoms with van der Waals surface area (Å²) in [5.74, 6) is -1.50. The SMILES string of the molecule is COCCNC(=O)CNC(=O)C(C#N)C(C)C. The summed E-state index contributed by atoms with van der Waals surface area (Å²) in [5, 5.41) is 13.8. The quantitative estimate of drug-likeness (QED) is 0.597. The Morgan fingerprint density at radius 2 is 2.00 bits per heavy atom. The summed E-state index contributed by atoms with van der Waals surface area (Å²) in [7, 11) is 1.54. The maximum atomic E-state index is 11.5. The molecule has 0 heterocycles. The van der Waals surface area contributed by atoms with Crippen molar-refractivity contribution in [2.75, 3.05) is 26.8 Å². The van der Waals surface area contributed by atoms with Gasteiger partial charge in [-0.3, -0.25) is 9.59 Å².